The maximum atomic E-state index is 10.6. The van der Waals surface area contributed by atoms with Crippen molar-refractivity contribution in [1.82, 2.24) is 0 Å². The molecule has 0 fully saturated rings. The Balaban J connectivity index is -0.000000200. The van der Waals surface area contributed by atoms with E-state index in [9.17, 15) is 20.4 Å². The summed E-state index contributed by atoms with van der Waals surface area (Å²) in [4.78, 5) is 0. The Hall–Kier alpha value is 0.563. The normalized spacial score (nSPS) is 11.9. The predicted molar refractivity (Wildman–Crippen MR) is 186 cm³/mol. The fraction of sp³-hybridized carbons (Fsp3) is 1.00. The number of rotatable bonds is 30. The van der Waals surface area contributed by atoms with Crippen LogP contribution in [0.25, 0.3) is 0 Å². The van der Waals surface area contributed by atoms with E-state index in [1.54, 1.807) is 27.7 Å². The van der Waals surface area contributed by atoms with Gasteiger partial charge in [0.05, 0.1) is 26.4 Å². The van der Waals surface area contributed by atoms with Crippen LogP contribution in [-0.4, -0.2) is 64.4 Å². The zero-order valence-electron chi connectivity index (χ0n) is 32.5. The Morgan fingerprint density at radius 3 is 0.766 bits per heavy atom. The summed E-state index contributed by atoms with van der Waals surface area (Å²) in [5, 5.41) is 40.2. The molecule has 0 saturated carbocycles. The van der Waals surface area contributed by atoms with Gasteiger partial charge >= 0.3 is 26.2 Å². The Labute approximate surface area is 312 Å². The van der Waals surface area contributed by atoms with Crippen molar-refractivity contribution < 1.29 is 65.6 Å². The maximum Gasteiger partial charge on any atom is 4.00 e. The Bertz CT molecular complexity index is 435. The molecule has 2 atom stereocenters. The van der Waals surface area contributed by atoms with Gasteiger partial charge < -0.3 is 39.4 Å². The molecule has 0 N–H and O–H groups in total. The van der Waals surface area contributed by atoms with Gasteiger partial charge in [0.2, 0.25) is 0 Å². The number of unbranched alkanes of at least 4 members (excludes halogenated alkanes) is 18. The van der Waals surface area contributed by atoms with Crippen LogP contribution in [0.3, 0.4) is 0 Å². The SMILES string of the molecule is CC(C)[O-].CC(C)[O-].CCCCCCCCCCCCOCCOC(C)[O-].CCCCCCCCCCCCOCCOC(C)[O-].[Zr+4]. The maximum absolute atomic E-state index is 10.6. The molecule has 0 aromatic carbocycles. The average molecular weight is 756 g/mol. The van der Waals surface area contributed by atoms with Crippen molar-refractivity contribution in [3.05, 3.63) is 0 Å². The monoisotopic (exact) mass is 754 g/mol. The summed E-state index contributed by atoms with van der Waals surface area (Å²) >= 11 is 0. The van der Waals surface area contributed by atoms with E-state index in [2.05, 4.69) is 13.8 Å². The van der Waals surface area contributed by atoms with Gasteiger partial charge in [-0.15, -0.1) is 12.2 Å². The van der Waals surface area contributed by atoms with Crippen LogP contribution in [0, 0.1) is 0 Å². The predicted octanol–water partition coefficient (Wildman–Crippen LogP) is 6.80. The first kappa shape index (κ1) is 56.9. The first-order valence-corrected chi connectivity index (χ1v) is 19.0. The molecule has 0 aliphatic rings. The van der Waals surface area contributed by atoms with Gasteiger partial charge in [0.1, 0.15) is 0 Å². The third kappa shape index (κ3) is 87.2. The van der Waals surface area contributed by atoms with Crippen molar-refractivity contribution in [3.63, 3.8) is 0 Å². The molecule has 0 radical (unpaired) electrons. The van der Waals surface area contributed by atoms with Crippen molar-refractivity contribution >= 4 is 0 Å². The van der Waals surface area contributed by atoms with Crippen LogP contribution >= 0.6 is 0 Å². The van der Waals surface area contributed by atoms with Gasteiger partial charge in [0, 0.05) is 13.2 Å². The molecule has 0 aromatic heterocycles. The third-order valence-electron chi connectivity index (χ3n) is 6.44. The largest absolute Gasteiger partial charge is 4.00 e. The molecule has 2 unspecified atom stereocenters. The van der Waals surface area contributed by atoms with E-state index in [4.69, 9.17) is 18.9 Å². The van der Waals surface area contributed by atoms with Crippen molar-refractivity contribution in [2.24, 2.45) is 0 Å². The molecule has 8 nitrogen and oxygen atoms in total. The van der Waals surface area contributed by atoms with Gasteiger partial charge in [-0.05, 0) is 25.4 Å². The summed E-state index contributed by atoms with van der Waals surface area (Å²) in [5.41, 5.74) is 0. The molecule has 0 aromatic rings. The second-order valence-electron chi connectivity index (χ2n) is 12.6. The van der Waals surface area contributed by atoms with E-state index < -0.39 is 24.8 Å². The van der Waals surface area contributed by atoms with Crippen molar-refractivity contribution in [2.45, 2.75) is 209 Å². The van der Waals surface area contributed by atoms with Crippen LogP contribution in [0.15, 0.2) is 0 Å². The molecular formula is C38H80O8Zr. The van der Waals surface area contributed by atoms with E-state index in [0.717, 1.165) is 26.1 Å². The fourth-order valence-corrected chi connectivity index (χ4v) is 4.13. The van der Waals surface area contributed by atoms with Crippen LogP contribution in [0.4, 0.5) is 0 Å². The molecule has 0 bridgehead atoms. The first-order valence-electron chi connectivity index (χ1n) is 19.0. The first-order chi connectivity index (χ1) is 22.0. The Morgan fingerprint density at radius 2 is 0.553 bits per heavy atom. The van der Waals surface area contributed by atoms with Gasteiger partial charge in [-0.3, -0.25) is 0 Å². The fourth-order valence-electron chi connectivity index (χ4n) is 4.13. The molecule has 0 aliphatic carbocycles. The van der Waals surface area contributed by atoms with Crippen LogP contribution in [0.5, 0.6) is 0 Å². The summed E-state index contributed by atoms with van der Waals surface area (Å²) in [7, 11) is 0. The summed E-state index contributed by atoms with van der Waals surface area (Å²) in [5.74, 6) is 0. The Morgan fingerprint density at radius 1 is 0.340 bits per heavy atom. The summed E-state index contributed by atoms with van der Waals surface area (Å²) < 4.78 is 20.5. The Kier molecular flexibility index (Phi) is 64.6. The molecule has 0 spiro atoms. The number of ether oxygens (including phenoxy) is 4. The van der Waals surface area contributed by atoms with Gasteiger partial charge in [-0.2, -0.15) is 0 Å². The molecule has 0 amide bonds. The van der Waals surface area contributed by atoms with Crippen LogP contribution in [0.1, 0.15) is 184 Å². The standard InChI is InChI=1S/2C16H33O3.2C3H7O.Zr/c2*1-3-4-5-6-7-8-9-10-11-12-13-18-14-15-19-16(2)17;2*1-3(2)4;/h2*16H,3-15H2,1-2H3;2*3H,1-2H3;/q4*-1;+4. The van der Waals surface area contributed by atoms with Crippen molar-refractivity contribution in [1.29, 1.82) is 0 Å². The zero-order valence-corrected chi connectivity index (χ0v) is 34.9. The minimum atomic E-state index is -0.930. The topological polar surface area (TPSA) is 129 Å². The molecule has 9 heteroatoms. The molecular weight excluding hydrogens is 676 g/mol. The van der Waals surface area contributed by atoms with E-state index in [0.29, 0.717) is 26.4 Å². The van der Waals surface area contributed by atoms with E-state index >= 15 is 0 Å². The second kappa shape index (κ2) is 53.4. The second-order valence-corrected chi connectivity index (χ2v) is 12.6. The van der Waals surface area contributed by atoms with E-state index in [-0.39, 0.29) is 26.2 Å². The minimum absolute atomic E-state index is 0. The van der Waals surface area contributed by atoms with Crippen LogP contribution in [0.2, 0.25) is 0 Å². The van der Waals surface area contributed by atoms with Gasteiger partial charge in [0.25, 0.3) is 0 Å². The van der Waals surface area contributed by atoms with Crippen molar-refractivity contribution in [2.75, 3.05) is 39.6 Å². The van der Waals surface area contributed by atoms with E-state index in [1.807, 2.05) is 0 Å². The zero-order chi connectivity index (χ0) is 35.5. The third-order valence-corrected chi connectivity index (χ3v) is 6.44. The average Bonchev–Trinajstić information content (AvgIpc) is 2.97. The van der Waals surface area contributed by atoms with E-state index in [1.165, 1.54) is 129 Å². The summed E-state index contributed by atoms with van der Waals surface area (Å²) in [6.07, 6.45) is 24.1. The van der Waals surface area contributed by atoms with Gasteiger partial charge in [0.15, 0.2) is 0 Å². The van der Waals surface area contributed by atoms with Crippen LogP contribution < -0.4 is 20.4 Å². The molecule has 0 aliphatic heterocycles. The molecule has 284 valence electrons. The van der Waals surface area contributed by atoms with Gasteiger partial charge in [-0.25, -0.2) is 0 Å². The molecule has 47 heavy (non-hydrogen) atoms. The molecule has 0 heterocycles. The van der Waals surface area contributed by atoms with Crippen LogP contribution in [-0.2, 0) is 45.2 Å². The number of hydrogen-bond acceptors (Lipinski definition) is 8. The van der Waals surface area contributed by atoms with Gasteiger partial charge in [-0.1, -0.05) is 171 Å². The quantitative estimate of drug-likeness (QED) is 0.0579. The minimum Gasteiger partial charge on any atom is -0.852 e. The summed E-state index contributed by atoms with van der Waals surface area (Å²) in [6.45, 7) is 17.5. The summed E-state index contributed by atoms with van der Waals surface area (Å²) in [6, 6.07) is 0. The number of hydrogen-bond donors (Lipinski definition) is 0. The smallest absolute Gasteiger partial charge is 0.852 e. The van der Waals surface area contributed by atoms with Crippen molar-refractivity contribution in [3.8, 4) is 0 Å². The molecule has 0 saturated heterocycles. The molecule has 0 rings (SSSR count).